The van der Waals surface area contributed by atoms with E-state index in [0.29, 0.717) is 0 Å². The zero-order valence-corrected chi connectivity index (χ0v) is 9.73. The van der Waals surface area contributed by atoms with Crippen LogP contribution in [0.25, 0.3) is 0 Å². The van der Waals surface area contributed by atoms with Crippen LogP contribution in [-0.4, -0.2) is 39.2 Å². The van der Waals surface area contributed by atoms with Crippen molar-refractivity contribution < 1.29 is 19.8 Å². The number of carboxylic acids is 1. The SMILES string of the molecule is CC(O)(CNC(=O)c1ccnc(Cl)c1)C(=O)O. The summed E-state index contributed by atoms with van der Waals surface area (Å²) in [5, 5.41) is 20.5. The zero-order chi connectivity index (χ0) is 13.1. The predicted octanol–water partition coefficient (Wildman–Crippen LogP) is 0.300. The molecule has 1 unspecified atom stereocenters. The van der Waals surface area contributed by atoms with Crippen molar-refractivity contribution >= 4 is 23.5 Å². The maximum absolute atomic E-state index is 11.6. The molecule has 0 aliphatic carbocycles. The van der Waals surface area contributed by atoms with Crippen LogP contribution < -0.4 is 5.32 Å². The van der Waals surface area contributed by atoms with Crippen molar-refractivity contribution in [3.8, 4) is 0 Å². The van der Waals surface area contributed by atoms with Gasteiger partial charge in [-0.05, 0) is 19.1 Å². The van der Waals surface area contributed by atoms with Crippen molar-refractivity contribution in [2.45, 2.75) is 12.5 Å². The number of aromatic nitrogens is 1. The van der Waals surface area contributed by atoms with E-state index in [0.717, 1.165) is 6.92 Å². The number of hydrogen-bond donors (Lipinski definition) is 3. The Labute approximate surface area is 102 Å². The van der Waals surface area contributed by atoms with Gasteiger partial charge in [0.2, 0.25) is 0 Å². The van der Waals surface area contributed by atoms with Crippen LogP contribution in [0.5, 0.6) is 0 Å². The lowest BCUT2D eigenvalue weighted by molar-refractivity contribution is -0.155. The Balaban J connectivity index is 2.65. The van der Waals surface area contributed by atoms with E-state index in [1.54, 1.807) is 0 Å². The molecule has 0 radical (unpaired) electrons. The molecule has 92 valence electrons. The van der Waals surface area contributed by atoms with Crippen LogP contribution in [0, 0.1) is 0 Å². The first-order valence-electron chi connectivity index (χ1n) is 4.68. The average Bonchev–Trinajstić information content (AvgIpc) is 2.25. The summed E-state index contributed by atoms with van der Waals surface area (Å²) in [5.74, 6) is -1.94. The second-order valence-corrected chi connectivity index (χ2v) is 4.02. The summed E-state index contributed by atoms with van der Waals surface area (Å²) in [7, 11) is 0. The summed E-state index contributed by atoms with van der Waals surface area (Å²) in [6.45, 7) is 0.691. The summed E-state index contributed by atoms with van der Waals surface area (Å²) in [5.41, 5.74) is -1.77. The summed E-state index contributed by atoms with van der Waals surface area (Å²) >= 11 is 5.59. The van der Waals surface area contributed by atoms with Gasteiger partial charge in [-0.15, -0.1) is 0 Å². The van der Waals surface area contributed by atoms with E-state index >= 15 is 0 Å². The van der Waals surface area contributed by atoms with Gasteiger partial charge in [0.25, 0.3) is 5.91 Å². The number of nitrogens with zero attached hydrogens (tertiary/aromatic N) is 1. The van der Waals surface area contributed by atoms with Gasteiger partial charge in [0, 0.05) is 11.8 Å². The predicted molar refractivity (Wildman–Crippen MR) is 59.8 cm³/mol. The fourth-order valence-corrected chi connectivity index (χ4v) is 1.15. The molecule has 0 spiro atoms. The quantitative estimate of drug-likeness (QED) is 0.675. The Morgan fingerprint density at radius 3 is 2.76 bits per heavy atom. The fraction of sp³-hybridized carbons (Fsp3) is 0.300. The Bertz CT molecular complexity index is 448. The highest BCUT2D eigenvalue weighted by Crippen LogP contribution is 2.07. The Kier molecular flexibility index (Phi) is 4.03. The molecule has 1 aromatic rings. The molecular formula is C10H11ClN2O4. The molecule has 6 nitrogen and oxygen atoms in total. The minimum Gasteiger partial charge on any atom is -0.479 e. The molecule has 0 fully saturated rings. The monoisotopic (exact) mass is 258 g/mol. The number of pyridine rings is 1. The van der Waals surface area contributed by atoms with E-state index in [1.807, 2.05) is 0 Å². The van der Waals surface area contributed by atoms with Crippen LogP contribution >= 0.6 is 11.6 Å². The minimum atomic E-state index is -2.01. The molecule has 17 heavy (non-hydrogen) atoms. The molecule has 0 aliphatic heterocycles. The van der Waals surface area contributed by atoms with Gasteiger partial charge in [0.1, 0.15) is 5.15 Å². The van der Waals surface area contributed by atoms with Gasteiger partial charge in [0.05, 0.1) is 6.54 Å². The molecule has 7 heteroatoms. The van der Waals surface area contributed by atoms with Crippen LogP contribution in [0.1, 0.15) is 17.3 Å². The van der Waals surface area contributed by atoms with E-state index in [2.05, 4.69) is 10.3 Å². The van der Waals surface area contributed by atoms with E-state index in [4.69, 9.17) is 16.7 Å². The van der Waals surface area contributed by atoms with Crippen molar-refractivity contribution in [1.82, 2.24) is 10.3 Å². The Hall–Kier alpha value is -1.66. The lowest BCUT2D eigenvalue weighted by Gasteiger charge is -2.18. The van der Waals surface area contributed by atoms with Crippen molar-refractivity contribution in [2.24, 2.45) is 0 Å². The summed E-state index contributed by atoms with van der Waals surface area (Å²) < 4.78 is 0. The van der Waals surface area contributed by atoms with Crippen molar-refractivity contribution in [3.05, 3.63) is 29.0 Å². The smallest absolute Gasteiger partial charge is 0.337 e. The molecule has 0 bridgehead atoms. The largest absolute Gasteiger partial charge is 0.479 e. The molecule has 1 atom stereocenters. The number of carbonyl (C=O) groups excluding carboxylic acids is 1. The summed E-state index contributed by atoms with van der Waals surface area (Å²) in [6.07, 6.45) is 1.35. The summed E-state index contributed by atoms with van der Waals surface area (Å²) in [6, 6.07) is 2.77. The number of carbonyl (C=O) groups is 2. The normalized spacial score (nSPS) is 13.8. The lowest BCUT2D eigenvalue weighted by Crippen LogP contribution is -2.46. The number of carboxylic acid groups (broad SMARTS) is 1. The van der Waals surface area contributed by atoms with Crippen molar-refractivity contribution in [1.29, 1.82) is 0 Å². The number of rotatable bonds is 4. The van der Waals surface area contributed by atoms with Crippen molar-refractivity contribution in [2.75, 3.05) is 6.54 Å². The number of amides is 1. The first-order valence-corrected chi connectivity index (χ1v) is 5.06. The summed E-state index contributed by atoms with van der Waals surface area (Å²) in [4.78, 5) is 25.9. The van der Waals surface area contributed by atoms with Crippen LogP contribution in [0.3, 0.4) is 0 Å². The highest BCUT2D eigenvalue weighted by atomic mass is 35.5. The van der Waals surface area contributed by atoms with Gasteiger partial charge in [0.15, 0.2) is 5.60 Å². The number of aliphatic hydroxyl groups is 1. The number of hydrogen-bond acceptors (Lipinski definition) is 4. The Morgan fingerprint density at radius 1 is 1.59 bits per heavy atom. The molecule has 1 heterocycles. The third kappa shape index (κ3) is 3.69. The van der Waals surface area contributed by atoms with Gasteiger partial charge >= 0.3 is 5.97 Å². The van der Waals surface area contributed by atoms with Crippen LogP contribution in [0.15, 0.2) is 18.3 Å². The first kappa shape index (κ1) is 13.4. The molecule has 0 aliphatic rings. The van der Waals surface area contributed by atoms with Gasteiger partial charge in [-0.3, -0.25) is 4.79 Å². The standard InChI is InChI=1S/C10H11ClN2O4/c1-10(17,9(15)16)5-13-8(14)6-2-3-12-7(11)4-6/h2-4,17H,5H2,1H3,(H,13,14)(H,15,16). The van der Waals surface area contributed by atoms with E-state index in [1.165, 1.54) is 18.3 Å². The second kappa shape index (κ2) is 5.11. The molecule has 1 amide bonds. The first-order chi connectivity index (χ1) is 7.83. The van der Waals surface area contributed by atoms with Crippen LogP contribution in [0.2, 0.25) is 5.15 Å². The van der Waals surface area contributed by atoms with Gasteiger partial charge in [-0.1, -0.05) is 11.6 Å². The maximum Gasteiger partial charge on any atom is 0.337 e. The highest BCUT2D eigenvalue weighted by molar-refractivity contribution is 6.29. The molecule has 0 aromatic carbocycles. The zero-order valence-electron chi connectivity index (χ0n) is 8.98. The van der Waals surface area contributed by atoms with E-state index in [-0.39, 0.29) is 10.7 Å². The van der Waals surface area contributed by atoms with E-state index < -0.39 is 24.0 Å². The second-order valence-electron chi connectivity index (χ2n) is 3.63. The maximum atomic E-state index is 11.6. The lowest BCUT2D eigenvalue weighted by atomic mass is 10.1. The third-order valence-electron chi connectivity index (χ3n) is 2.04. The van der Waals surface area contributed by atoms with Crippen molar-refractivity contribution in [3.63, 3.8) is 0 Å². The van der Waals surface area contributed by atoms with E-state index in [9.17, 15) is 14.7 Å². The number of aliphatic carboxylic acids is 1. The molecular weight excluding hydrogens is 248 g/mol. The van der Waals surface area contributed by atoms with Gasteiger partial charge < -0.3 is 15.5 Å². The van der Waals surface area contributed by atoms with Crippen LogP contribution in [-0.2, 0) is 4.79 Å². The molecule has 3 N–H and O–H groups in total. The number of halogens is 1. The highest BCUT2D eigenvalue weighted by Gasteiger charge is 2.30. The fourth-order valence-electron chi connectivity index (χ4n) is 0.974. The molecule has 0 saturated carbocycles. The van der Waals surface area contributed by atoms with Gasteiger partial charge in [-0.2, -0.15) is 0 Å². The van der Waals surface area contributed by atoms with Gasteiger partial charge in [-0.25, -0.2) is 9.78 Å². The molecule has 1 rings (SSSR count). The topological polar surface area (TPSA) is 99.5 Å². The number of nitrogens with one attached hydrogen (secondary N) is 1. The molecule has 0 saturated heterocycles. The Morgan fingerprint density at radius 2 is 2.24 bits per heavy atom. The third-order valence-corrected chi connectivity index (χ3v) is 2.25. The molecule has 1 aromatic heterocycles. The van der Waals surface area contributed by atoms with Crippen LogP contribution in [0.4, 0.5) is 0 Å². The minimum absolute atomic E-state index is 0.155. The average molecular weight is 259 g/mol.